The summed E-state index contributed by atoms with van der Waals surface area (Å²) in [7, 11) is 1.60. The van der Waals surface area contributed by atoms with Crippen LogP contribution in [0.5, 0.6) is 0 Å². The molecule has 92 valence electrons. The zero-order chi connectivity index (χ0) is 12.2. The summed E-state index contributed by atoms with van der Waals surface area (Å²) in [5, 5.41) is 2.67. The summed E-state index contributed by atoms with van der Waals surface area (Å²) in [5.74, 6) is -0.455. The molecule has 5 nitrogen and oxygen atoms in total. The molecule has 5 heteroatoms. The molecular weight excluding hydrogens is 210 g/mol. The van der Waals surface area contributed by atoms with Gasteiger partial charge in [0.1, 0.15) is 6.04 Å². The van der Waals surface area contributed by atoms with Crippen molar-refractivity contribution in [3.63, 3.8) is 0 Å². The van der Waals surface area contributed by atoms with E-state index in [0.29, 0.717) is 26.1 Å². The quantitative estimate of drug-likeness (QED) is 0.696. The predicted molar refractivity (Wildman–Crippen MR) is 57.8 cm³/mol. The van der Waals surface area contributed by atoms with E-state index in [9.17, 15) is 9.59 Å². The maximum atomic E-state index is 11.7. The van der Waals surface area contributed by atoms with Gasteiger partial charge in [-0.05, 0) is 13.3 Å². The van der Waals surface area contributed by atoms with Crippen molar-refractivity contribution in [2.24, 2.45) is 5.41 Å². The monoisotopic (exact) mass is 229 g/mol. The Morgan fingerprint density at radius 3 is 2.88 bits per heavy atom. The van der Waals surface area contributed by atoms with Gasteiger partial charge in [0.2, 0.25) is 5.91 Å². The molecule has 0 aromatic rings. The van der Waals surface area contributed by atoms with E-state index < -0.39 is 11.5 Å². The lowest BCUT2D eigenvalue weighted by atomic mass is 9.79. The van der Waals surface area contributed by atoms with Gasteiger partial charge in [-0.25, -0.2) is 4.79 Å². The lowest BCUT2D eigenvalue weighted by Crippen LogP contribution is -2.43. The summed E-state index contributed by atoms with van der Waals surface area (Å²) in [4.78, 5) is 23.1. The van der Waals surface area contributed by atoms with Gasteiger partial charge in [0.05, 0.1) is 6.61 Å². The van der Waals surface area contributed by atoms with Gasteiger partial charge in [-0.2, -0.15) is 0 Å². The minimum Gasteiger partial charge on any atom is -0.464 e. The Kier molecular flexibility index (Phi) is 4.29. The number of hydrogen-bond acceptors (Lipinski definition) is 4. The SMILES string of the molecule is CCOC(=O)C1NC(=O)CC1(C)CCOC. The molecule has 2 atom stereocenters. The molecule has 0 spiro atoms. The minimum absolute atomic E-state index is 0.100. The first-order chi connectivity index (χ1) is 7.53. The largest absolute Gasteiger partial charge is 0.464 e. The number of carbonyl (C=O) groups excluding carboxylic acids is 2. The van der Waals surface area contributed by atoms with Crippen LogP contribution in [0.15, 0.2) is 0 Å². The average molecular weight is 229 g/mol. The van der Waals surface area contributed by atoms with E-state index in [0.717, 1.165) is 0 Å². The van der Waals surface area contributed by atoms with Crippen LogP contribution < -0.4 is 5.32 Å². The Bertz CT molecular complexity index is 279. The van der Waals surface area contributed by atoms with Gasteiger partial charge in [-0.3, -0.25) is 4.79 Å². The number of esters is 1. The molecule has 1 saturated heterocycles. The highest BCUT2D eigenvalue weighted by Gasteiger charge is 2.47. The zero-order valence-corrected chi connectivity index (χ0v) is 10.0. The van der Waals surface area contributed by atoms with E-state index in [2.05, 4.69) is 5.32 Å². The first-order valence-electron chi connectivity index (χ1n) is 5.48. The average Bonchev–Trinajstić information content (AvgIpc) is 2.52. The Morgan fingerprint density at radius 2 is 2.31 bits per heavy atom. The number of amides is 1. The minimum atomic E-state index is -0.546. The molecule has 1 N–H and O–H groups in total. The van der Waals surface area contributed by atoms with Crippen LogP contribution in [0.1, 0.15) is 26.7 Å². The van der Waals surface area contributed by atoms with E-state index in [4.69, 9.17) is 9.47 Å². The second kappa shape index (κ2) is 5.30. The van der Waals surface area contributed by atoms with Gasteiger partial charge in [0.15, 0.2) is 0 Å². The molecule has 2 unspecified atom stereocenters. The second-order valence-corrected chi connectivity index (χ2v) is 4.33. The number of methoxy groups -OCH3 is 1. The topological polar surface area (TPSA) is 64.6 Å². The number of rotatable bonds is 5. The summed E-state index contributed by atoms with van der Waals surface area (Å²) in [6.45, 7) is 4.51. The van der Waals surface area contributed by atoms with Crippen LogP contribution in [0.25, 0.3) is 0 Å². The standard InChI is InChI=1S/C11H19NO4/c1-4-16-10(14)9-11(2,5-6-15-3)7-8(13)12-9/h9H,4-7H2,1-3H3,(H,12,13). The van der Waals surface area contributed by atoms with E-state index in [-0.39, 0.29) is 11.9 Å². The van der Waals surface area contributed by atoms with E-state index >= 15 is 0 Å². The molecule has 0 radical (unpaired) electrons. The molecule has 16 heavy (non-hydrogen) atoms. The van der Waals surface area contributed by atoms with Crippen molar-refractivity contribution in [2.75, 3.05) is 20.3 Å². The molecular formula is C11H19NO4. The van der Waals surface area contributed by atoms with Crippen molar-refractivity contribution in [3.8, 4) is 0 Å². The molecule has 1 aliphatic rings. The molecule has 1 amide bonds. The zero-order valence-electron chi connectivity index (χ0n) is 10.0. The molecule has 0 aromatic carbocycles. The van der Waals surface area contributed by atoms with Crippen LogP contribution in [0.2, 0.25) is 0 Å². The summed E-state index contributed by atoms with van der Waals surface area (Å²) < 4.78 is 9.96. The molecule has 1 aliphatic heterocycles. The maximum absolute atomic E-state index is 11.7. The lowest BCUT2D eigenvalue weighted by Gasteiger charge is -2.27. The molecule has 0 aromatic heterocycles. The molecule has 0 aliphatic carbocycles. The van der Waals surface area contributed by atoms with Crippen LogP contribution in [0.3, 0.4) is 0 Å². The Morgan fingerprint density at radius 1 is 1.62 bits per heavy atom. The third kappa shape index (κ3) is 2.72. The molecule has 1 heterocycles. The first kappa shape index (κ1) is 13.0. The summed E-state index contributed by atoms with van der Waals surface area (Å²) in [5.41, 5.74) is -0.403. The summed E-state index contributed by atoms with van der Waals surface area (Å²) >= 11 is 0. The maximum Gasteiger partial charge on any atom is 0.329 e. The first-order valence-corrected chi connectivity index (χ1v) is 5.48. The van der Waals surface area contributed by atoms with Crippen LogP contribution >= 0.6 is 0 Å². The van der Waals surface area contributed by atoms with E-state index in [1.807, 2.05) is 6.92 Å². The highest BCUT2D eigenvalue weighted by Crippen LogP contribution is 2.35. The Hall–Kier alpha value is -1.10. The van der Waals surface area contributed by atoms with Crippen LogP contribution in [0.4, 0.5) is 0 Å². The van der Waals surface area contributed by atoms with Crippen LogP contribution in [-0.2, 0) is 19.1 Å². The number of hydrogen-bond donors (Lipinski definition) is 1. The van der Waals surface area contributed by atoms with E-state index in [1.165, 1.54) is 0 Å². The lowest BCUT2D eigenvalue weighted by molar-refractivity contribution is -0.148. The fraction of sp³-hybridized carbons (Fsp3) is 0.818. The summed E-state index contributed by atoms with van der Waals surface area (Å²) in [6.07, 6.45) is 1.01. The van der Waals surface area contributed by atoms with Gasteiger partial charge >= 0.3 is 5.97 Å². The normalized spacial score (nSPS) is 28.9. The Labute approximate surface area is 95.5 Å². The smallest absolute Gasteiger partial charge is 0.329 e. The third-order valence-electron chi connectivity index (χ3n) is 2.97. The summed E-state index contributed by atoms with van der Waals surface area (Å²) in [6, 6.07) is -0.546. The van der Waals surface area contributed by atoms with Crippen molar-refractivity contribution in [2.45, 2.75) is 32.7 Å². The number of ether oxygens (including phenoxy) is 2. The van der Waals surface area contributed by atoms with Crippen molar-refractivity contribution in [3.05, 3.63) is 0 Å². The molecule has 1 fully saturated rings. The highest BCUT2D eigenvalue weighted by molar-refractivity contribution is 5.89. The van der Waals surface area contributed by atoms with Gasteiger partial charge in [-0.1, -0.05) is 6.92 Å². The molecule has 0 bridgehead atoms. The van der Waals surface area contributed by atoms with Crippen LogP contribution in [-0.4, -0.2) is 38.2 Å². The van der Waals surface area contributed by atoms with Crippen molar-refractivity contribution in [1.82, 2.24) is 5.32 Å². The van der Waals surface area contributed by atoms with Gasteiger partial charge in [0.25, 0.3) is 0 Å². The number of carbonyl (C=O) groups is 2. The van der Waals surface area contributed by atoms with Crippen molar-refractivity contribution in [1.29, 1.82) is 0 Å². The molecule has 0 saturated carbocycles. The van der Waals surface area contributed by atoms with Crippen molar-refractivity contribution >= 4 is 11.9 Å². The van der Waals surface area contributed by atoms with Gasteiger partial charge in [0, 0.05) is 25.6 Å². The Balaban J connectivity index is 2.72. The van der Waals surface area contributed by atoms with Crippen LogP contribution in [0, 0.1) is 5.41 Å². The fourth-order valence-electron chi connectivity index (χ4n) is 1.99. The third-order valence-corrected chi connectivity index (χ3v) is 2.97. The second-order valence-electron chi connectivity index (χ2n) is 4.33. The number of nitrogens with one attached hydrogen (secondary N) is 1. The predicted octanol–water partition coefficient (Wildman–Crippen LogP) is 0.481. The van der Waals surface area contributed by atoms with Crippen molar-refractivity contribution < 1.29 is 19.1 Å². The fourth-order valence-corrected chi connectivity index (χ4v) is 1.99. The van der Waals surface area contributed by atoms with Gasteiger partial charge < -0.3 is 14.8 Å². The molecule has 1 rings (SSSR count). The highest BCUT2D eigenvalue weighted by atomic mass is 16.5. The van der Waals surface area contributed by atoms with E-state index in [1.54, 1.807) is 14.0 Å². The van der Waals surface area contributed by atoms with Gasteiger partial charge in [-0.15, -0.1) is 0 Å².